The molecule has 186 valence electrons. The van der Waals surface area contributed by atoms with Gasteiger partial charge < -0.3 is 0 Å². The standard InChI is InChI=1S/C19H26F11I/c1-2-3-4-5-6-7-8-9-10-11-13(31)12-14(20)15(21,22)17(25,26)19(29,30)18(27,28)16(14,23)24/h13H,2-12H2,1H3. The fourth-order valence-electron chi connectivity index (χ4n) is 3.63. The van der Waals surface area contributed by atoms with Crippen LogP contribution in [-0.2, 0) is 0 Å². The molecule has 0 N–H and O–H groups in total. The number of unbranched alkanes of at least 4 members (excludes halogenated alkanes) is 8. The minimum absolute atomic E-state index is 0.193. The Labute approximate surface area is 187 Å². The van der Waals surface area contributed by atoms with Gasteiger partial charge in [-0.05, 0) is 6.42 Å². The summed E-state index contributed by atoms with van der Waals surface area (Å²) in [5.41, 5.74) is -5.85. The lowest BCUT2D eigenvalue weighted by Crippen LogP contribution is -2.83. The average molecular weight is 590 g/mol. The zero-order valence-electron chi connectivity index (χ0n) is 16.9. The van der Waals surface area contributed by atoms with Crippen molar-refractivity contribution < 1.29 is 48.3 Å². The molecular formula is C19H26F11I. The van der Waals surface area contributed by atoms with E-state index in [1.54, 1.807) is 0 Å². The number of alkyl halides is 12. The van der Waals surface area contributed by atoms with Crippen LogP contribution in [0.2, 0.25) is 0 Å². The van der Waals surface area contributed by atoms with Crippen LogP contribution in [0.1, 0.15) is 77.6 Å². The maximum Gasteiger partial charge on any atom is 0.384 e. The van der Waals surface area contributed by atoms with Crippen LogP contribution in [0.4, 0.5) is 48.3 Å². The van der Waals surface area contributed by atoms with Crippen LogP contribution in [0.25, 0.3) is 0 Å². The Bertz CT molecular complexity index is 547. The second-order valence-corrected chi connectivity index (χ2v) is 9.85. The Morgan fingerprint density at radius 1 is 0.516 bits per heavy atom. The molecule has 0 aliphatic heterocycles. The van der Waals surface area contributed by atoms with Gasteiger partial charge in [-0.1, -0.05) is 87.3 Å². The SMILES string of the molecule is CCCCCCCCCCCC(I)CC1(F)C(F)(F)C(F)(F)C(F)(F)C(F)(F)C1(F)F. The van der Waals surface area contributed by atoms with Crippen LogP contribution in [0.3, 0.4) is 0 Å². The van der Waals surface area contributed by atoms with Gasteiger partial charge in [0.2, 0.25) is 0 Å². The lowest BCUT2D eigenvalue weighted by Gasteiger charge is -2.53. The van der Waals surface area contributed by atoms with E-state index in [2.05, 4.69) is 6.92 Å². The molecule has 0 nitrogen and oxygen atoms in total. The van der Waals surface area contributed by atoms with E-state index in [0.717, 1.165) is 38.5 Å². The third-order valence-corrected chi connectivity index (χ3v) is 6.76. The highest BCUT2D eigenvalue weighted by atomic mass is 127. The minimum atomic E-state index is -7.14. The average Bonchev–Trinajstić information content (AvgIpc) is 2.64. The lowest BCUT2D eigenvalue weighted by atomic mass is 9.70. The van der Waals surface area contributed by atoms with E-state index in [0.29, 0.717) is 12.8 Å². The van der Waals surface area contributed by atoms with E-state index < -0.39 is 45.6 Å². The molecule has 0 aromatic heterocycles. The van der Waals surface area contributed by atoms with Gasteiger partial charge in [0.1, 0.15) is 0 Å². The van der Waals surface area contributed by atoms with Gasteiger partial charge in [-0.15, -0.1) is 0 Å². The molecule has 1 rings (SSSR count). The topological polar surface area (TPSA) is 0 Å². The molecule has 1 aliphatic rings. The van der Waals surface area contributed by atoms with E-state index in [1.807, 2.05) is 0 Å². The van der Waals surface area contributed by atoms with Crippen molar-refractivity contribution in [1.29, 1.82) is 0 Å². The van der Waals surface area contributed by atoms with Gasteiger partial charge in [0.05, 0.1) is 0 Å². The predicted octanol–water partition coefficient (Wildman–Crippen LogP) is 9.00. The molecule has 0 aromatic rings. The van der Waals surface area contributed by atoms with Crippen LogP contribution in [0.15, 0.2) is 0 Å². The van der Waals surface area contributed by atoms with Crippen molar-refractivity contribution in [2.75, 3.05) is 0 Å². The first-order valence-corrected chi connectivity index (χ1v) is 11.4. The molecule has 1 fully saturated rings. The smallest absolute Gasteiger partial charge is 0.230 e. The Morgan fingerprint density at radius 2 is 0.839 bits per heavy atom. The van der Waals surface area contributed by atoms with Crippen LogP contribution in [0, 0.1) is 0 Å². The number of hydrogen-bond acceptors (Lipinski definition) is 0. The summed E-state index contributed by atoms with van der Waals surface area (Å²) < 4.78 is 149. The highest BCUT2D eigenvalue weighted by molar-refractivity contribution is 14.1. The van der Waals surface area contributed by atoms with Crippen molar-refractivity contribution in [2.45, 2.75) is 117 Å². The summed E-state index contributed by atoms with van der Waals surface area (Å²) >= 11 is 1.22. The zero-order valence-corrected chi connectivity index (χ0v) is 19.0. The molecule has 1 saturated carbocycles. The number of halogens is 12. The maximum atomic E-state index is 14.7. The highest BCUT2D eigenvalue weighted by Crippen LogP contribution is 2.70. The van der Waals surface area contributed by atoms with Gasteiger partial charge in [-0.3, -0.25) is 0 Å². The van der Waals surface area contributed by atoms with Gasteiger partial charge in [0.25, 0.3) is 5.67 Å². The summed E-state index contributed by atoms with van der Waals surface area (Å²) in [5.74, 6) is -34.6. The monoisotopic (exact) mass is 590 g/mol. The summed E-state index contributed by atoms with van der Waals surface area (Å²) in [6, 6.07) is 0. The summed E-state index contributed by atoms with van der Waals surface area (Å²) in [4.78, 5) is 0. The summed E-state index contributed by atoms with van der Waals surface area (Å²) in [5, 5.41) is 0. The molecule has 0 amide bonds. The number of rotatable bonds is 12. The summed E-state index contributed by atoms with van der Waals surface area (Å²) in [6.07, 6.45) is 5.28. The van der Waals surface area contributed by atoms with Crippen LogP contribution >= 0.6 is 22.6 Å². The molecule has 1 aliphatic carbocycles. The highest BCUT2D eigenvalue weighted by Gasteiger charge is 3.00. The zero-order chi connectivity index (χ0) is 24.4. The summed E-state index contributed by atoms with van der Waals surface area (Å²) in [7, 11) is 0. The van der Waals surface area contributed by atoms with Gasteiger partial charge >= 0.3 is 29.6 Å². The quantitative estimate of drug-likeness (QED) is 0.0922. The van der Waals surface area contributed by atoms with E-state index in [9.17, 15) is 48.3 Å². The maximum absolute atomic E-state index is 14.7. The molecule has 0 bridgehead atoms. The molecule has 0 spiro atoms. The van der Waals surface area contributed by atoms with Crippen molar-refractivity contribution in [3.05, 3.63) is 0 Å². The molecule has 31 heavy (non-hydrogen) atoms. The summed E-state index contributed by atoms with van der Waals surface area (Å²) in [6.45, 7) is 2.06. The fourth-order valence-corrected chi connectivity index (χ4v) is 4.67. The van der Waals surface area contributed by atoms with E-state index in [-0.39, 0.29) is 12.8 Å². The third-order valence-electron chi connectivity index (χ3n) is 5.70. The number of hydrogen-bond donors (Lipinski definition) is 0. The predicted molar refractivity (Wildman–Crippen MR) is 103 cm³/mol. The molecule has 0 heterocycles. The van der Waals surface area contributed by atoms with E-state index in [1.165, 1.54) is 22.6 Å². The molecule has 0 aromatic carbocycles. The second kappa shape index (κ2) is 10.1. The van der Waals surface area contributed by atoms with Crippen molar-refractivity contribution in [1.82, 2.24) is 0 Å². The minimum Gasteiger partial charge on any atom is -0.230 e. The van der Waals surface area contributed by atoms with Crippen LogP contribution in [0.5, 0.6) is 0 Å². The van der Waals surface area contributed by atoms with Crippen LogP contribution < -0.4 is 0 Å². The molecule has 0 radical (unpaired) electrons. The first-order valence-electron chi connectivity index (χ1n) is 10.2. The van der Waals surface area contributed by atoms with Crippen LogP contribution in [-0.4, -0.2) is 39.2 Å². The Balaban J connectivity index is 2.79. The van der Waals surface area contributed by atoms with Gasteiger partial charge in [0, 0.05) is 10.3 Å². The fraction of sp³-hybridized carbons (Fsp3) is 1.00. The largest absolute Gasteiger partial charge is 0.384 e. The van der Waals surface area contributed by atoms with Crippen molar-refractivity contribution in [2.24, 2.45) is 0 Å². The van der Waals surface area contributed by atoms with E-state index in [4.69, 9.17) is 0 Å². The first-order chi connectivity index (χ1) is 14.0. The molecule has 0 saturated heterocycles. The van der Waals surface area contributed by atoms with E-state index >= 15 is 0 Å². The molecule has 12 heteroatoms. The van der Waals surface area contributed by atoms with Crippen molar-refractivity contribution in [3.63, 3.8) is 0 Å². The van der Waals surface area contributed by atoms with Gasteiger partial charge in [0.15, 0.2) is 0 Å². The Kier molecular flexibility index (Phi) is 9.41. The van der Waals surface area contributed by atoms with Crippen molar-refractivity contribution in [3.8, 4) is 0 Å². The Hall–Kier alpha value is -0.0400. The normalized spacial score (nSPS) is 25.8. The second-order valence-electron chi connectivity index (χ2n) is 8.09. The first kappa shape index (κ1) is 29.0. The molecule has 1 unspecified atom stereocenters. The molecular weight excluding hydrogens is 564 g/mol. The lowest BCUT2D eigenvalue weighted by molar-refractivity contribution is -0.485. The third kappa shape index (κ3) is 4.79. The van der Waals surface area contributed by atoms with Gasteiger partial charge in [-0.25, -0.2) is 4.39 Å². The Morgan fingerprint density at radius 3 is 1.23 bits per heavy atom. The van der Waals surface area contributed by atoms with Crippen molar-refractivity contribution >= 4 is 22.6 Å². The van der Waals surface area contributed by atoms with Gasteiger partial charge in [-0.2, -0.15) is 43.9 Å². The molecule has 1 atom stereocenters.